The highest BCUT2D eigenvalue weighted by Crippen LogP contribution is 2.37. The van der Waals surface area contributed by atoms with E-state index in [1.165, 1.54) is 5.56 Å². The highest BCUT2D eigenvalue weighted by atomic mass is 35.5. The molecule has 1 aliphatic heterocycles. The molecule has 1 aromatic carbocycles. The first-order chi connectivity index (χ1) is 8.24. The Kier molecular flexibility index (Phi) is 4.13. The summed E-state index contributed by atoms with van der Waals surface area (Å²) in [6.07, 6.45) is 1.04. The molecule has 2 rings (SSSR count). The van der Waals surface area contributed by atoms with Crippen molar-refractivity contribution in [2.45, 2.75) is 13.3 Å². The maximum absolute atomic E-state index is 6.22. The van der Waals surface area contributed by atoms with E-state index in [4.69, 9.17) is 21.1 Å². The summed E-state index contributed by atoms with van der Waals surface area (Å²) in [5, 5.41) is 3.90. The van der Waals surface area contributed by atoms with E-state index in [1.54, 1.807) is 7.11 Å². The number of rotatable bonds is 5. The molecule has 0 unspecified atom stereocenters. The third kappa shape index (κ3) is 2.85. The zero-order chi connectivity index (χ0) is 12.3. The van der Waals surface area contributed by atoms with Crippen LogP contribution in [-0.4, -0.2) is 26.8 Å². The minimum Gasteiger partial charge on any atom is -0.493 e. The molecule has 1 fully saturated rings. The third-order valence-corrected chi connectivity index (χ3v) is 3.25. The van der Waals surface area contributed by atoms with Gasteiger partial charge in [0.2, 0.25) is 0 Å². The molecule has 3 nitrogen and oxygen atoms in total. The lowest BCUT2D eigenvalue weighted by atomic mass is 9.94. The molecule has 17 heavy (non-hydrogen) atoms. The molecule has 0 spiro atoms. The Balaban J connectivity index is 2.20. The van der Waals surface area contributed by atoms with Crippen LogP contribution in [0.5, 0.6) is 11.5 Å². The zero-order valence-electron chi connectivity index (χ0n) is 10.3. The number of ether oxygens (including phenoxy) is 2. The van der Waals surface area contributed by atoms with Gasteiger partial charge in [-0.2, -0.15) is 0 Å². The summed E-state index contributed by atoms with van der Waals surface area (Å²) < 4.78 is 10.8. The Labute approximate surface area is 107 Å². The maximum atomic E-state index is 6.22. The summed E-state index contributed by atoms with van der Waals surface area (Å²) in [4.78, 5) is 0. The predicted molar refractivity (Wildman–Crippen MR) is 69.2 cm³/mol. The van der Waals surface area contributed by atoms with E-state index in [0.717, 1.165) is 25.3 Å². The van der Waals surface area contributed by atoms with Gasteiger partial charge in [-0.25, -0.2) is 0 Å². The van der Waals surface area contributed by atoms with E-state index in [2.05, 4.69) is 5.32 Å². The molecule has 0 saturated carbocycles. The highest BCUT2D eigenvalue weighted by Gasteiger charge is 2.19. The fourth-order valence-electron chi connectivity index (χ4n) is 2.00. The lowest BCUT2D eigenvalue weighted by molar-refractivity contribution is 0.310. The molecule has 1 saturated heterocycles. The van der Waals surface area contributed by atoms with Crippen LogP contribution < -0.4 is 14.8 Å². The highest BCUT2D eigenvalue weighted by molar-refractivity contribution is 6.32. The molecular formula is C13H18ClNO2. The van der Waals surface area contributed by atoms with E-state index < -0.39 is 0 Å². The van der Waals surface area contributed by atoms with Gasteiger partial charge in [0.25, 0.3) is 0 Å². The quantitative estimate of drug-likeness (QED) is 0.877. The molecule has 4 heteroatoms. The summed E-state index contributed by atoms with van der Waals surface area (Å²) >= 11 is 6.22. The first kappa shape index (κ1) is 12.5. The SMILES string of the molecule is CCOc1c(Cl)cc(CC2CNC2)cc1OC. The van der Waals surface area contributed by atoms with Gasteiger partial charge >= 0.3 is 0 Å². The van der Waals surface area contributed by atoms with E-state index in [1.807, 2.05) is 19.1 Å². The molecule has 1 aliphatic rings. The molecule has 0 atom stereocenters. The summed E-state index contributed by atoms with van der Waals surface area (Å²) in [5.41, 5.74) is 1.21. The van der Waals surface area contributed by atoms with Crippen LogP contribution >= 0.6 is 11.6 Å². The van der Waals surface area contributed by atoms with Gasteiger partial charge in [0.15, 0.2) is 11.5 Å². The number of halogens is 1. The van der Waals surface area contributed by atoms with E-state index >= 15 is 0 Å². The van der Waals surface area contributed by atoms with Crippen molar-refractivity contribution >= 4 is 11.6 Å². The van der Waals surface area contributed by atoms with E-state index in [-0.39, 0.29) is 0 Å². The minimum absolute atomic E-state index is 0.585. The van der Waals surface area contributed by atoms with Crippen molar-refractivity contribution in [1.82, 2.24) is 5.32 Å². The molecule has 0 bridgehead atoms. The lowest BCUT2D eigenvalue weighted by Gasteiger charge is -2.27. The molecule has 0 amide bonds. The number of benzene rings is 1. The summed E-state index contributed by atoms with van der Waals surface area (Å²) in [6, 6.07) is 4.00. The number of nitrogens with one attached hydrogen (secondary N) is 1. The molecule has 0 radical (unpaired) electrons. The molecule has 1 N–H and O–H groups in total. The van der Waals surface area contributed by atoms with Crippen LogP contribution in [0.2, 0.25) is 5.02 Å². The molecule has 1 aromatic rings. The van der Waals surface area contributed by atoms with Crippen LogP contribution in [0.3, 0.4) is 0 Å². The molecule has 1 heterocycles. The van der Waals surface area contributed by atoms with Gasteiger partial charge in [0, 0.05) is 0 Å². The van der Waals surface area contributed by atoms with Gasteiger partial charge in [-0.05, 0) is 50.0 Å². The van der Waals surface area contributed by atoms with Crippen LogP contribution in [0, 0.1) is 5.92 Å². The van der Waals surface area contributed by atoms with Crippen LogP contribution in [0.15, 0.2) is 12.1 Å². The Morgan fingerprint density at radius 1 is 1.41 bits per heavy atom. The third-order valence-electron chi connectivity index (χ3n) is 2.97. The summed E-state index contributed by atoms with van der Waals surface area (Å²) in [6.45, 7) is 4.70. The van der Waals surface area contributed by atoms with Crippen LogP contribution in [0.25, 0.3) is 0 Å². The number of methoxy groups -OCH3 is 1. The second-order valence-corrected chi connectivity index (χ2v) is 4.68. The average Bonchev–Trinajstić information content (AvgIpc) is 2.27. The van der Waals surface area contributed by atoms with Crippen molar-refractivity contribution in [3.63, 3.8) is 0 Å². The molecule has 94 valence electrons. The zero-order valence-corrected chi connectivity index (χ0v) is 11.0. The van der Waals surface area contributed by atoms with E-state index in [0.29, 0.717) is 23.3 Å². The van der Waals surface area contributed by atoms with Gasteiger partial charge in [0.1, 0.15) is 0 Å². The maximum Gasteiger partial charge on any atom is 0.179 e. The van der Waals surface area contributed by atoms with Crippen LogP contribution in [0.4, 0.5) is 0 Å². The average molecular weight is 256 g/mol. The number of hydrogen-bond donors (Lipinski definition) is 1. The standard InChI is InChI=1S/C13H18ClNO2/c1-3-17-13-11(14)5-9(6-12(13)16-2)4-10-7-15-8-10/h5-6,10,15H,3-4,7-8H2,1-2H3. The second-order valence-electron chi connectivity index (χ2n) is 4.27. The Morgan fingerprint density at radius 2 is 2.18 bits per heavy atom. The van der Waals surface area contributed by atoms with Crippen LogP contribution in [-0.2, 0) is 6.42 Å². The van der Waals surface area contributed by atoms with Crippen molar-refractivity contribution in [1.29, 1.82) is 0 Å². The van der Waals surface area contributed by atoms with Crippen molar-refractivity contribution < 1.29 is 9.47 Å². The van der Waals surface area contributed by atoms with Crippen molar-refractivity contribution in [3.05, 3.63) is 22.7 Å². The second kappa shape index (κ2) is 5.61. The topological polar surface area (TPSA) is 30.5 Å². The Bertz CT molecular complexity index is 391. The largest absolute Gasteiger partial charge is 0.493 e. The smallest absolute Gasteiger partial charge is 0.179 e. The minimum atomic E-state index is 0.585. The molecular weight excluding hydrogens is 238 g/mol. The molecule has 0 aliphatic carbocycles. The Hall–Kier alpha value is -0.930. The fraction of sp³-hybridized carbons (Fsp3) is 0.538. The first-order valence-electron chi connectivity index (χ1n) is 5.94. The summed E-state index contributed by atoms with van der Waals surface area (Å²) in [7, 11) is 1.64. The van der Waals surface area contributed by atoms with Crippen molar-refractivity contribution in [3.8, 4) is 11.5 Å². The first-order valence-corrected chi connectivity index (χ1v) is 6.32. The van der Waals surface area contributed by atoms with Crippen molar-refractivity contribution in [2.24, 2.45) is 5.92 Å². The normalized spacial score (nSPS) is 15.5. The predicted octanol–water partition coefficient (Wildman–Crippen LogP) is 2.51. The monoisotopic (exact) mass is 255 g/mol. The lowest BCUT2D eigenvalue weighted by Crippen LogP contribution is -2.43. The summed E-state index contributed by atoms with van der Waals surface area (Å²) in [5.74, 6) is 2.09. The van der Waals surface area contributed by atoms with Gasteiger partial charge in [0.05, 0.1) is 18.7 Å². The van der Waals surface area contributed by atoms with Gasteiger partial charge in [-0.3, -0.25) is 0 Å². The van der Waals surface area contributed by atoms with Gasteiger partial charge in [-0.1, -0.05) is 11.6 Å². The molecule has 0 aromatic heterocycles. The van der Waals surface area contributed by atoms with Gasteiger partial charge in [-0.15, -0.1) is 0 Å². The van der Waals surface area contributed by atoms with Crippen LogP contribution in [0.1, 0.15) is 12.5 Å². The fourth-order valence-corrected chi connectivity index (χ4v) is 2.29. The van der Waals surface area contributed by atoms with Gasteiger partial charge < -0.3 is 14.8 Å². The Morgan fingerprint density at radius 3 is 2.71 bits per heavy atom. The number of hydrogen-bond acceptors (Lipinski definition) is 3. The van der Waals surface area contributed by atoms with E-state index in [9.17, 15) is 0 Å². The van der Waals surface area contributed by atoms with Crippen molar-refractivity contribution in [2.75, 3.05) is 26.8 Å².